The molecule has 19 heavy (non-hydrogen) atoms. The van der Waals surface area contributed by atoms with Gasteiger partial charge in [0, 0.05) is 5.69 Å². The number of nitrogens with zero attached hydrogens (tertiary/aromatic N) is 1. The summed E-state index contributed by atoms with van der Waals surface area (Å²) in [6.45, 7) is 0. The third-order valence-electron chi connectivity index (χ3n) is 2.72. The predicted molar refractivity (Wildman–Crippen MR) is 54.9 cm³/mol. The predicted octanol–water partition coefficient (Wildman–Crippen LogP) is 3.54. The van der Waals surface area contributed by atoms with Gasteiger partial charge in [-0.15, -0.1) is 0 Å². The van der Waals surface area contributed by atoms with Crippen molar-refractivity contribution < 1.29 is 26.3 Å². The van der Waals surface area contributed by atoms with Crippen molar-refractivity contribution in [3.05, 3.63) is 29.8 Å². The molecule has 0 spiro atoms. The fraction of sp³-hybridized carbons (Fsp3) is 0.364. The highest BCUT2D eigenvalue weighted by atomic mass is 19.4. The Bertz CT molecular complexity index is 466. The number of nitriles is 1. The number of nitrogens with two attached hydrogens (primary N) is 1. The summed E-state index contributed by atoms with van der Waals surface area (Å²) < 4.78 is 77.7. The van der Waals surface area contributed by atoms with Crippen LogP contribution >= 0.6 is 0 Å². The van der Waals surface area contributed by atoms with Crippen LogP contribution in [0.25, 0.3) is 0 Å². The average molecular weight is 282 g/mol. The third kappa shape index (κ3) is 2.45. The SMILES string of the molecule is N#CCC(c1ccc(N)cc1)(C(F)(F)F)C(F)(F)F. The Morgan fingerprint density at radius 2 is 1.37 bits per heavy atom. The summed E-state index contributed by atoms with van der Waals surface area (Å²) >= 11 is 0. The molecule has 8 heteroatoms. The number of hydrogen-bond donors (Lipinski definition) is 1. The molecule has 0 bridgehead atoms. The van der Waals surface area contributed by atoms with Gasteiger partial charge in [0.1, 0.15) is 0 Å². The lowest BCUT2D eigenvalue weighted by Crippen LogP contribution is -2.53. The lowest BCUT2D eigenvalue weighted by atomic mass is 9.76. The van der Waals surface area contributed by atoms with Gasteiger partial charge >= 0.3 is 12.4 Å². The van der Waals surface area contributed by atoms with Crippen LogP contribution in [0.15, 0.2) is 24.3 Å². The zero-order valence-corrected chi connectivity index (χ0v) is 9.31. The van der Waals surface area contributed by atoms with Gasteiger partial charge in [0.2, 0.25) is 0 Å². The highest BCUT2D eigenvalue weighted by Crippen LogP contribution is 2.54. The molecule has 1 rings (SSSR count). The highest BCUT2D eigenvalue weighted by molar-refractivity contribution is 5.43. The summed E-state index contributed by atoms with van der Waals surface area (Å²) in [7, 11) is 0. The molecule has 0 aromatic heterocycles. The smallest absolute Gasteiger partial charge is 0.399 e. The van der Waals surface area contributed by atoms with Gasteiger partial charge in [0.25, 0.3) is 0 Å². The van der Waals surface area contributed by atoms with Gasteiger partial charge in [0.15, 0.2) is 5.41 Å². The Labute approximate surface area is 104 Å². The number of nitrogen functional groups attached to an aromatic ring is 1. The van der Waals surface area contributed by atoms with E-state index < -0.39 is 29.8 Å². The minimum atomic E-state index is -5.64. The second-order valence-corrected chi connectivity index (χ2v) is 3.86. The zero-order valence-electron chi connectivity index (χ0n) is 9.31. The normalized spacial score (nSPS) is 13.1. The van der Waals surface area contributed by atoms with Crippen LogP contribution in [0.4, 0.5) is 32.0 Å². The first-order valence-corrected chi connectivity index (χ1v) is 4.92. The van der Waals surface area contributed by atoms with Crippen molar-refractivity contribution in [1.82, 2.24) is 0 Å². The maximum absolute atomic E-state index is 12.9. The largest absolute Gasteiger partial charge is 0.408 e. The minimum absolute atomic E-state index is 0.0268. The van der Waals surface area contributed by atoms with Crippen LogP contribution < -0.4 is 5.73 Å². The van der Waals surface area contributed by atoms with Gasteiger partial charge in [-0.05, 0) is 17.7 Å². The first-order valence-electron chi connectivity index (χ1n) is 4.92. The Morgan fingerprint density at radius 1 is 0.947 bits per heavy atom. The van der Waals surface area contributed by atoms with Crippen LogP contribution in [0.3, 0.4) is 0 Å². The highest BCUT2D eigenvalue weighted by Gasteiger charge is 2.71. The molecule has 0 radical (unpaired) electrons. The number of benzene rings is 1. The summed E-state index contributed by atoms with van der Waals surface area (Å²) in [5, 5.41) is 8.37. The Kier molecular flexibility index (Phi) is 3.70. The number of rotatable bonds is 2. The zero-order chi connectivity index (χ0) is 14.9. The van der Waals surface area contributed by atoms with E-state index in [0.717, 1.165) is 18.2 Å². The van der Waals surface area contributed by atoms with Crippen molar-refractivity contribution >= 4 is 5.69 Å². The van der Waals surface area contributed by atoms with Crippen LogP contribution in [0.5, 0.6) is 0 Å². The van der Waals surface area contributed by atoms with E-state index in [-0.39, 0.29) is 5.69 Å². The second-order valence-electron chi connectivity index (χ2n) is 3.86. The van der Waals surface area contributed by atoms with Crippen molar-refractivity contribution in [1.29, 1.82) is 5.26 Å². The molecule has 0 unspecified atom stereocenters. The standard InChI is InChI=1S/C11H8F6N2/c12-10(13,14)9(5-6-18,11(15,16)17)7-1-3-8(19)4-2-7/h1-4H,5,19H2. The van der Waals surface area contributed by atoms with E-state index in [4.69, 9.17) is 11.0 Å². The molecule has 0 aliphatic rings. The summed E-state index contributed by atoms with van der Waals surface area (Å²) in [4.78, 5) is 0. The van der Waals surface area contributed by atoms with Crippen LogP contribution in [-0.4, -0.2) is 12.4 Å². The molecule has 1 aromatic rings. The molecule has 0 saturated carbocycles. The third-order valence-corrected chi connectivity index (χ3v) is 2.72. The van der Waals surface area contributed by atoms with Crippen molar-refractivity contribution in [3.63, 3.8) is 0 Å². The van der Waals surface area contributed by atoms with E-state index in [2.05, 4.69) is 0 Å². The molecule has 1 aromatic carbocycles. The van der Waals surface area contributed by atoms with Crippen LogP contribution in [0.1, 0.15) is 12.0 Å². The van der Waals surface area contributed by atoms with Crippen molar-refractivity contribution in [2.45, 2.75) is 24.2 Å². The number of halogens is 6. The van der Waals surface area contributed by atoms with Crippen molar-refractivity contribution in [2.24, 2.45) is 0 Å². The molecule has 2 N–H and O–H groups in total. The van der Waals surface area contributed by atoms with Gasteiger partial charge in [-0.2, -0.15) is 31.6 Å². The Balaban J connectivity index is 3.58. The van der Waals surface area contributed by atoms with Gasteiger partial charge in [-0.1, -0.05) is 12.1 Å². The summed E-state index contributed by atoms with van der Waals surface area (Å²) in [6, 6.07) is 4.09. The van der Waals surface area contributed by atoms with E-state index >= 15 is 0 Å². The lowest BCUT2D eigenvalue weighted by Gasteiger charge is -2.36. The fourth-order valence-corrected chi connectivity index (χ4v) is 1.68. The van der Waals surface area contributed by atoms with Gasteiger partial charge in [0.05, 0.1) is 12.5 Å². The van der Waals surface area contributed by atoms with E-state index in [9.17, 15) is 26.3 Å². The van der Waals surface area contributed by atoms with E-state index in [1.54, 1.807) is 0 Å². The molecule has 2 nitrogen and oxygen atoms in total. The Hall–Kier alpha value is -1.91. The molecule has 0 amide bonds. The molecule has 0 saturated heterocycles. The monoisotopic (exact) mass is 282 g/mol. The van der Waals surface area contributed by atoms with Crippen LogP contribution in [0.2, 0.25) is 0 Å². The lowest BCUT2D eigenvalue weighted by molar-refractivity contribution is -0.302. The molecule has 0 aliphatic carbocycles. The number of hydrogen-bond acceptors (Lipinski definition) is 2. The first kappa shape index (κ1) is 15.1. The molecule has 104 valence electrons. The van der Waals surface area contributed by atoms with Gasteiger partial charge in [-0.25, -0.2) is 0 Å². The van der Waals surface area contributed by atoms with Gasteiger partial charge < -0.3 is 5.73 Å². The molecule has 0 aliphatic heterocycles. The quantitative estimate of drug-likeness (QED) is 0.666. The van der Waals surface area contributed by atoms with E-state index in [0.29, 0.717) is 12.1 Å². The molecule has 0 atom stereocenters. The average Bonchev–Trinajstić information content (AvgIpc) is 2.24. The van der Waals surface area contributed by atoms with Crippen LogP contribution in [-0.2, 0) is 5.41 Å². The van der Waals surface area contributed by atoms with Crippen LogP contribution in [0, 0.1) is 11.3 Å². The minimum Gasteiger partial charge on any atom is -0.399 e. The van der Waals surface area contributed by atoms with Crippen molar-refractivity contribution in [3.8, 4) is 6.07 Å². The molecular weight excluding hydrogens is 274 g/mol. The molecular formula is C11H8F6N2. The number of anilines is 1. The molecule has 0 fully saturated rings. The van der Waals surface area contributed by atoms with Gasteiger partial charge in [-0.3, -0.25) is 0 Å². The first-order chi connectivity index (χ1) is 8.56. The molecule has 0 heterocycles. The summed E-state index contributed by atoms with van der Waals surface area (Å²) in [6.07, 6.45) is -13.0. The van der Waals surface area contributed by atoms with E-state index in [1.165, 1.54) is 0 Å². The van der Waals surface area contributed by atoms with Crippen molar-refractivity contribution in [2.75, 3.05) is 5.73 Å². The Morgan fingerprint density at radius 3 is 1.68 bits per heavy atom. The topological polar surface area (TPSA) is 49.8 Å². The second kappa shape index (κ2) is 4.64. The maximum Gasteiger partial charge on any atom is 0.408 e. The summed E-state index contributed by atoms with van der Waals surface area (Å²) in [5.41, 5.74) is 0.00287. The van der Waals surface area contributed by atoms with E-state index in [1.807, 2.05) is 0 Å². The fourth-order valence-electron chi connectivity index (χ4n) is 1.68. The summed E-state index contributed by atoms with van der Waals surface area (Å²) in [5.74, 6) is 0. The maximum atomic E-state index is 12.9. The number of alkyl halides is 6.